The molecule has 96 valence electrons. The fraction of sp³-hybridized carbons (Fsp3) is 0.429. The number of hydrogen-bond donors (Lipinski definition) is 1. The Morgan fingerprint density at radius 1 is 1.39 bits per heavy atom. The van der Waals surface area contributed by atoms with Crippen molar-refractivity contribution in [3.05, 3.63) is 29.8 Å². The van der Waals surface area contributed by atoms with E-state index in [-0.39, 0.29) is 17.7 Å². The molecule has 1 atom stereocenters. The third kappa shape index (κ3) is 2.76. The lowest BCUT2D eigenvalue weighted by Crippen LogP contribution is -2.37. The van der Waals surface area contributed by atoms with Gasteiger partial charge < -0.3 is 5.32 Å². The van der Waals surface area contributed by atoms with Crippen LogP contribution < -0.4 is 5.32 Å². The van der Waals surface area contributed by atoms with Gasteiger partial charge in [0, 0.05) is 11.3 Å². The molecule has 4 heteroatoms. The number of anilines is 1. The van der Waals surface area contributed by atoms with Crippen molar-refractivity contribution in [1.29, 1.82) is 0 Å². The molecule has 1 aromatic carbocycles. The Morgan fingerprint density at radius 3 is 2.78 bits per heavy atom. The summed E-state index contributed by atoms with van der Waals surface area (Å²) in [5.41, 5.74) is 1.31. The van der Waals surface area contributed by atoms with Gasteiger partial charge in [-0.2, -0.15) is 0 Å². The summed E-state index contributed by atoms with van der Waals surface area (Å²) in [4.78, 5) is 25.4. The first-order chi connectivity index (χ1) is 8.58. The van der Waals surface area contributed by atoms with Crippen LogP contribution in [-0.2, 0) is 4.79 Å². The molecule has 1 unspecified atom stereocenters. The van der Waals surface area contributed by atoms with E-state index < -0.39 is 0 Å². The smallest absolute Gasteiger partial charge is 0.241 e. The molecule has 2 rings (SSSR count). The quantitative estimate of drug-likeness (QED) is 0.829. The zero-order valence-electron chi connectivity index (χ0n) is 10.8. The van der Waals surface area contributed by atoms with Crippen molar-refractivity contribution in [1.82, 2.24) is 4.90 Å². The summed E-state index contributed by atoms with van der Waals surface area (Å²) in [6.07, 6.45) is 1.96. The molecule has 0 saturated carbocycles. The maximum atomic E-state index is 12.1. The minimum atomic E-state index is -0.0500. The van der Waals surface area contributed by atoms with Crippen molar-refractivity contribution in [2.24, 2.45) is 0 Å². The summed E-state index contributed by atoms with van der Waals surface area (Å²) in [6, 6.07) is 7.00. The molecule has 0 aromatic heterocycles. The Bertz CT molecular complexity index is 471. The van der Waals surface area contributed by atoms with Gasteiger partial charge in [0.25, 0.3) is 0 Å². The van der Waals surface area contributed by atoms with Crippen LogP contribution in [0.3, 0.4) is 0 Å². The molecule has 18 heavy (non-hydrogen) atoms. The third-order valence-electron chi connectivity index (χ3n) is 3.36. The molecule has 1 amide bonds. The van der Waals surface area contributed by atoms with Gasteiger partial charge in [0.1, 0.15) is 0 Å². The highest BCUT2D eigenvalue weighted by Gasteiger charge is 2.27. The van der Waals surface area contributed by atoms with E-state index in [2.05, 4.69) is 10.2 Å². The molecule has 1 saturated heterocycles. The predicted molar refractivity (Wildman–Crippen MR) is 70.7 cm³/mol. The monoisotopic (exact) mass is 246 g/mol. The van der Waals surface area contributed by atoms with E-state index in [9.17, 15) is 9.59 Å². The van der Waals surface area contributed by atoms with Gasteiger partial charge in [0.2, 0.25) is 5.91 Å². The second-order valence-corrected chi connectivity index (χ2v) is 4.76. The molecular weight excluding hydrogens is 228 g/mol. The third-order valence-corrected chi connectivity index (χ3v) is 3.36. The molecular formula is C14H18N2O2. The van der Waals surface area contributed by atoms with Crippen LogP contribution in [0.5, 0.6) is 0 Å². The second kappa shape index (κ2) is 5.31. The fourth-order valence-electron chi connectivity index (χ4n) is 2.28. The minimum absolute atomic E-state index is 0.00378. The van der Waals surface area contributed by atoms with Gasteiger partial charge >= 0.3 is 0 Å². The molecule has 1 aromatic rings. The molecule has 1 heterocycles. The number of ketones is 1. The van der Waals surface area contributed by atoms with Crippen molar-refractivity contribution in [2.75, 3.05) is 18.9 Å². The van der Waals surface area contributed by atoms with E-state index in [0.717, 1.165) is 19.4 Å². The predicted octanol–water partition coefficient (Wildman–Crippen LogP) is 1.92. The minimum Gasteiger partial charge on any atom is -0.325 e. The van der Waals surface area contributed by atoms with E-state index in [1.807, 2.05) is 7.05 Å². The summed E-state index contributed by atoms with van der Waals surface area (Å²) in [6.45, 7) is 2.48. The van der Waals surface area contributed by atoms with Gasteiger partial charge in [-0.1, -0.05) is 12.1 Å². The summed E-state index contributed by atoms with van der Waals surface area (Å²) in [7, 11) is 1.96. The van der Waals surface area contributed by atoms with E-state index in [4.69, 9.17) is 0 Å². The van der Waals surface area contributed by atoms with Crippen LogP contribution >= 0.6 is 0 Å². The first kappa shape index (κ1) is 12.8. The molecule has 1 aliphatic heterocycles. The van der Waals surface area contributed by atoms with Crippen LogP contribution in [0.4, 0.5) is 5.69 Å². The molecule has 1 N–H and O–H groups in total. The maximum absolute atomic E-state index is 12.1. The van der Waals surface area contributed by atoms with Crippen molar-refractivity contribution in [3.63, 3.8) is 0 Å². The van der Waals surface area contributed by atoms with Crippen LogP contribution in [0, 0.1) is 0 Å². The van der Waals surface area contributed by atoms with Crippen LogP contribution in [0.1, 0.15) is 30.1 Å². The average molecular weight is 246 g/mol. The van der Waals surface area contributed by atoms with Crippen molar-refractivity contribution in [3.8, 4) is 0 Å². The molecule has 0 aliphatic carbocycles. The van der Waals surface area contributed by atoms with Gasteiger partial charge in [-0.15, -0.1) is 0 Å². The number of nitrogens with zero attached hydrogens (tertiary/aromatic N) is 1. The highest BCUT2D eigenvalue weighted by molar-refractivity contribution is 5.98. The van der Waals surface area contributed by atoms with Crippen LogP contribution in [0.2, 0.25) is 0 Å². The van der Waals surface area contributed by atoms with Crippen LogP contribution in [-0.4, -0.2) is 36.2 Å². The number of carbonyl (C=O) groups is 2. The second-order valence-electron chi connectivity index (χ2n) is 4.76. The number of Topliss-reactive ketones (excluding diaryl/α,β-unsaturated/α-hetero) is 1. The standard InChI is InChI=1S/C14H18N2O2/c1-10(17)11-5-3-6-12(9-11)15-14(18)13-7-4-8-16(13)2/h3,5-6,9,13H,4,7-8H2,1-2H3,(H,15,18). The summed E-state index contributed by atoms with van der Waals surface area (Å²) < 4.78 is 0. The lowest BCUT2D eigenvalue weighted by Gasteiger charge is -2.18. The molecule has 0 bridgehead atoms. The fourth-order valence-corrected chi connectivity index (χ4v) is 2.28. The lowest BCUT2D eigenvalue weighted by molar-refractivity contribution is -0.119. The highest BCUT2D eigenvalue weighted by atomic mass is 16.2. The first-order valence-electron chi connectivity index (χ1n) is 6.20. The van der Waals surface area contributed by atoms with Crippen molar-refractivity contribution >= 4 is 17.4 Å². The van der Waals surface area contributed by atoms with E-state index in [1.54, 1.807) is 24.3 Å². The Kier molecular flexibility index (Phi) is 3.77. The number of benzene rings is 1. The van der Waals surface area contributed by atoms with Crippen LogP contribution in [0.25, 0.3) is 0 Å². The summed E-state index contributed by atoms with van der Waals surface area (Å²) in [5, 5.41) is 2.88. The summed E-state index contributed by atoms with van der Waals surface area (Å²) >= 11 is 0. The normalized spacial score (nSPS) is 19.8. The zero-order valence-corrected chi connectivity index (χ0v) is 10.8. The number of likely N-dealkylation sites (N-methyl/N-ethyl adjacent to an activating group) is 1. The van der Waals surface area contributed by atoms with Gasteiger partial charge in [-0.3, -0.25) is 14.5 Å². The number of carbonyl (C=O) groups excluding carboxylic acids is 2. The maximum Gasteiger partial charge on any atom is 0.241 e. The SMILES string of the molecule is CC(=O)c1cccc(NC(=O)C2CCCN2C)c1. The van der Waals surface area contributed by atoms with Gasteiger partial charge in [0.15, 0.2) is 5.78 Å². The Balaban J connectivity index is 2.07. The number of nitrogens with one attached hydrogen (secondary N) is 1. The molecule has 4 nitrogen and oxygen atoms in total. The first-order valence-corrected chi connectivity index (χ1v) is 6.20. The number of hydrogen-bond acceptors (Lipinski definition) is 3. The Morgan fingerprint density at radius 2 is 2.17 bits per heavy atom. The molecule has 0 radical (unpaired) electrons. The van der Waals surface area contributed by atoms with Crippen LogP contribution in [0.15, 0.2) is 24.3 Å². The topological polar surface area (TPSA) is 49.4 Å². The Hall–Kier alpha value is -1.68. The van der Waals surface area contributed by atoms with Gasteiger partial charge in [-0.05, 0) is 45.5 Å². The Labute approximate surface area is 107 Å². The molecule has 0 spiro atoms. The number of likely N-dealkylation sites (tertiary alicyclic amines) is 1. The number of amides is 1. The molecule has 1 aliphatic rings. The van der Waals surface area contributed by atoms with E-state index in [1.165, 1.54) is 6.92 Å². The average Bonchev–Trinajstić information content (AvgIpc) is 2.76. The van der Waals surface area contributed by atoms with E-state index >= 15 is 0 Å². The van der Waals surface area contributed by atoms with Crippen molar-refractivity contribution < 1.29 is 9.59 Å². The number of rotatable bonds is 3. The van der Waals surface area contributed by atoms with Gasteiger partial charge in [0.05, 0.1) is 6.04 Å². The molecule has 1 fully saturated rings. The van der Waals surface area contributed by atoms with Gasteiger partial charge in [-0.25, -0.2) is 0 Å². The summed E-state index contributed by atoms with van der Waals surface area (Å²) in [5.74, 6) is 0.0137. The van der Waals surface area contributed by atoms with Crippen molar-refractivity contribution in [2.45, 2.75) is 25.8 Å². The highest BCUT2D eigenvalue weighted by Crippen LogP contribution is 2.18. The van der Waals surface area contributed by atoms with E-state index in [0.29, 0.717) is 11.3 Å². The zero-order chi connectivity index (χ0) is 13.1. The largest absolute Gasteiger partial charge is 0.325 e. The lowest BCUT2D eigenvalue weighted by atomic mass is 10.1.